The number of hydrogen-bond acceptors (Lipinski definition) is 2. The van der Waals surface area contributed by atoms with Gasteiger partial charge in [-0.1, -0.05) is 205 Å². The van der Waals surface area contributed by atoms with Crippen LogP contribution in [-0.2, 0) is 26.2 Å². The molecule has 0 unspecified atom stereocenters. The first-order valence-corrected chi connectivity index (χ1v) is 27.9. The normalized spacial score (nSPS) is 11.3. The van der Waals surface area contributed by atoms with Crippen LogP contribution in [0.1, 0.15) is 0 Å². The van der Waals surface area contributed by atoms with Crippen molar-refractivity contribution in [3.63, 3.8) is 0 Å². The van der Waals surface area contributed by atoms with E-state index >= 15 is 0 Å². The van der Waals surface area contributed by atoms with E-state index in [1.165, 1.54) is 54.2 Å². The van der Waals surface area contributed by atoms with E-state index in [1.54, 1.807) is 0 Å². The largest absolute Gasteiger partial charge is 4.00 e. The first-order chi connectivity index (χ1) is 29.0. The second-order valence-electron chi connectivity index (χ2n) is 17.8. The van der Waals surface area contributed by atoms with Gasteiger partial charge in [-0.2, -0.15) is 0 Å². The standard InChI is InChI=1S/2C28H25OSi.2ClH.Zr/c2*1-30(2,3)24-14-12-20(13-15-24)25-11-7-10-22-18-23(19-26(22)25)28-17-16-27(29-28)21-8-5-4-6-9-21;;;/h2*4-19H,1-3H3;2*1H;/q2*-1;;;+4/p-2. The van der Waals surface area contributed by atoms with Crippen LogP contribution in [0.4, 0.5) is 0 Å². The Hall–Kier alpha value is -5.00. The molecule has 10 rings (SSSR count). The molecule has 0 fully saturated rings. The zero-order valence-corrected chi connectivity index (χ0v) is 42.5. The Morgan fingerprint density at radius 2 is 0.698 bits per heavy atom. The van der Waals surface area contributed by atoms with Gasteiger partial charge in [0.25, 0.3) is 0 Å². The van der Waals surface area contributed by atoms with Crippen molar-refractivity contribution in [2.45, 2.75) is 39.3 Å². The van der Waals surface area contributed by atoms with Crippen LogP contribution in [0.3, 0.4) is 0 Å². The van der Waals surface area contributed by atoms with Gasteiger partial charge in [-0.05, 0) is 35.4 Å². The monoisotopic (exact) mass is 970 g/mol. The Bertz CT molecular complexity index is 2830. The molecule has 2 heterocycles. The predicted molar refractivity (Wildman–Crippen MR) is 262 cm³/mol. The van der Waals surface area contributed by atoms with Gasteiger partial charge in [0.1, 0.15) is 11.5 Å². The third-order valence-corrected chi connectivity index (χ3v) is 15.7. The van der Waals surface area contributed by atoms with Gasteiger partial charge in [-0.25, -0.2) is 0 Å². The summed E-state index contributed by atoms with van der Waals surface area (Å²) >= 11 is 0. The van der Waals surface area contributed by atoms with Gasteiger partial charge < -0.3 is 33.6 Å². The van der Waals surface area contributed by atoms with Crippen molar-refractivity contribution in [2.75, 3.05) is 0 Å². The van der Waals surface area contributed by atoms with E-state index in [0.717, 1.165) is 45.3 Å². The summed E-state index contributed by atoms with van der Waals surface area (Å²) in [6.07, 6.45) is 0. The van der Waals surface area contributed by atoms with E-state index in [4.69, 9.17) is 8.83 Å². The van der Waals surface area contributed by atoms with Gasteiger partial charge in [0.05, 0.1) is 27.7 Å². The van der Waals surface area contributed by atoms with Crippen LogP contribution in [0, 0.1) is 0 Å². The molecular formula is C56H50Cl2O2Si2Zr. The number of fused-ring (bicyclic) bond motifs is 2. The number of furan rings is 2. The molecule has 0 N–H and O–H groups in total. The van der Waals surface area contributed by atoms with Gasteiger partial charge in [0.2, 0.25) is 0 Å². The quantitative estimate of drug-likeness (QED) is 0.112. The summed E-state index contributed by atoms with van der Waals surface area (Å²) in [5, 5.41) is 8.01. The predicted octanol–water partition coefficient (Wildman–Crippen LogP) is 9.40. The minimum atomic E-state index is -1.29. The van der Waals surface area contributed by atoms with Crippen LogP contribution >= 0.6 is 0 Å². The molecule has 312 valence electrons. The molecule has 0 spiro atoms. The van der Waals surface area contributed by atoms with Crippen molar-refractivity contribution >= 4 is 48.1 Å². The maximum absolute atomic E-state index is 6.19. The van der Waals surface area contributed by atoms with Gasteiger partial charge in [-0.15, -0.1) is 57.9 Å². The number of halogens is 2. The number of rotatable bonds is 8. The van der Waals surface area contributed by atoms with E-state index in [1.807, 2.05) is 36.4 Å². The average molecular weight is 973 g/mol. The second-order valence-corrected chi connectivity index (χ2v) is 28.0. The second kappa shape index (κ2) is 19.8. The summed E-state index contributed by atoms with van der Waals surface area (Å²) in [5.74, 6) is 3.62. The van der Waals surface area contributed by atoms with Crippen molar-refractivity contribution in [1.29, 1.82) is 0 Å². The Morgan fingerprint density at radius 1 is 0.349 bits per heavy atom. The summed E-state index contributed by atoms with van der Waals surface area (Å²) < 4.78 is 12.4. The van der Waals surface area contributed by atoms with E-state index < -0.39 is 16.1 Å². The first-order valence-electron chi connectivity index (χ1n) is 20.9. The zero-order chi connectivity index (χ0) is 41.4. The number of hydrogen-bond donors (Lipinski definition) is 0. The van der Waals surface area contributed by atoms with E-state index in [-0.39, 0.29) is 51.0 Å². The molecule has 63 heavy (non-hydrogen) atoms. The molecule has 10 aromatic rings. The minimum Gasteiger partial charge on any atom is -1.00 e. The van der Waals surface area contributed by atoms with Gasteiger partial charge in [0, 0.05) is 11.1 Å². The molecule has 0 radical (unpaired) electrons. The summed E-state index contributed by atoms with van der Waals surface area (Å²) in [7, 11) is -2.58. The summed E-state index contributed by atoms with van der Waals surface area (Å²) in [6, 6.07) is 69.1. The van der Waals surface area contributed by atoms with Crippen LogP contribution in [0.25, 0.3) is 89.1 Å². The maximum Gasteiger partial charge on any atom is 4.00 e. The van der Waals surface area contributed by atoms with Crippen molar-refractivity contribution in [3.05, 3.63) is 194 Å². The molecule has 8 aromatic carbocycles. The third kappa shape index (κ3) is 10.4. The number of benzene rings is 6. The fourth-order valence-corrected chi connectivity index (χ4v) is 10.4. The molecule has 2 aromatic heterocycles. The Morgan fingerprint density at radius 3 is 1.05 bits per heavy atom. The van der Waals surface area contributed by atoms with Gasteiger partial charge >= 0.3 is 26.2 Å². The molecule has 0 saturated heterocycles. The SMILES string of the molecule is C[Si](C)(C)c1ccc(-c2cccc3[cH-]c(-c4ccc(-c5ccccc5)o4)cc23)cc1.C[Si](C)(C)c1ccc(-c2cccc3[cH-]c(-c4ccc(-c5ccccc5)o4)cc23)cc1.[Cl-].[Cl-].[Zr+4]. The molecule has 0 saturated carbocycles. The maximum atomic E-state index is 6.19. The van der Waals surface area contributed by atoms with E-state index in [0.29, 0.717) is 0 Å². The van der Waals surface area contributed by atoms with Crippen molar-refractivity contribution in [3.8, 4) is 67.5 Å². The minimum absolute atomic E-state index is 0. The molecule has 0 aliphatic carbocycles. The summed E-state index contributed by atoms with van der Waals surface area (Å²) in [5.41, 5.74) is 9.53. The van der Waals surface area contributed by atoms with Crippen molar-refractivity contribution < 1.29 is 59.9 Å². The van der Waals surface area contributed by atoms with Crippen LogP contribution in [0.15, 0.2) is 203 Å². The molecular weight excluding hydrogens is 923 g/mol. The molecule has 2 nitrogen and oxygen atoms in total. The summed E-state index contributed by atoms with van der Waals surface area (Å²) in [4.78, 5) is 0. The zero-order valence-electron chi connectivity index (χ0n) is 36.5. The Labute approximate surface area is 405 Å². The third-order valence-electron chi connectivity index (χ3n) is 11.5. The first kappa shape index (κ1) is 47.5. The molecule has 0 bridgehead atoms. The van der Waals surface area contributed by atoms with Crippen molar-refractivity contribution in [2.24, 2.45) is 0 Å². The molecule has 0 atom stereocenters. The van der Waals surface area contributed by atoms with Crippen LogP contribution in [0.2, 0.25) is 39.3 Å². The Balaban J connectivity index is 0.000000200. The molecule has 0 amide bonds. The molecule has 7 heteroatoms. The van der Waals surface area contributed by atoms with E-state index in [2.05, 4.69) is 197 Å². The molecule has 0 aliphatic rings. The smallest absolute Gasteiger partial charge is 1.00 e. The molecule has 0 aliphatic heterocycles. The average Bonchev–Trinajstić information content (AvgIpc) is 4.10. The van der Waals surface area contributed by atoms with Crippen LogP contribution < -0.4 is 35.2 Å². The Kier molecular flexibility index (Phi) is 14.9. The van der Waals surface area contributed by atoms with Crippen molar-refractivity contribution in [1.82, 2.24) is 0 Å². The van der Waals surface area contributed by atoms with Gasteiger partial charge in [-0.3, -0.25) is 0 Å². The van der Waals surface area contributed by atoms with Gasteiger partial charge in [0.15, 0.2) is 0 Å². The fourth-order valence-electron chi connectivity index (χ4n) is 8.06. The van der Waals surface area contributed by atoms with Crippen LogP contribution in [-0.4, -0.2) is 16.1 Å². The fraction of sp³-hybridized carbons (Fsp3) is 0.107. The summed E-state index contributed by atoms with van der Waals surface area (Å²) in [6.45, 7) is 14.3. The van der Waals surface area contributed by atoms with E-state index in [9.17, 15) is 0 Å². The topological polar surface area (TPSA) is 26.3 Å². The van der Waals surface area contributed by atoms with Crippen LogP contribution in [0.5, 0.6) is 0 Å².